The molecular weight excluding hydrogens is 297 g/mol. The van der Waals surface area contributed by atoms with Gasteiger partial charge in [0.15, 0.2) is 0 Å². The molecule has 0 aromatic carbocycles. The highest BCUT2D eigenvalue weighted by Crippen LogP contribution is 2.23. The normalized spacial score (nSPS) is 10.6. The highest BCUT2D eigenvalue weighted by Gasteiger charge is 2.11. The zero-order valence-electron chi connectivity index (χ0n) is 11.4. The van der Waals surface area contributed by atoms with Crippen molar-refractivity contribution in [2.45, 2.75) is 26.2 Å². The summed E-state index contributed by atoms with van der Waals surface area (Å²) in [6.07, 6.45) is 3.99. The van der Waals surface area contributed by atoms with Crippen molar-refractivity contribution >= 4 is 23.2 Å². The Morgan fingerprint density at radius 3 is 2.35 bits per heavy atom. The van der Waals surface area contributed by atoms with E-state index in [4.69, 9.17) is 27.9 Å². The number of nitrogens with zero attached hydrogens (tertiary/aromatic N) is 3. The molecule has 0 amide bonds. The van der Waals surface area contributed by atoms with Crippen LogP contribution in [0.15, 0.2) is 18.3 Å². The van der Waals surface area contributed by atoms with Gasteiger partial charge in [0.05, 0.1) is 7.11 Å². The smallest absolute Gasteiger partial charge is 0.212 e. The van der Waals surface area contributed by atoms with Crippen LogP contribution in [0.4, 0.5) is 0 Å². The maximum atomic E-state index is 6.16. The highest BCUT2D eigenvalue weighted by atomic mass is 35.5. The molecule has 0 fully saturated rings. The summed E-state index contributed by atoms with van der Waals surface area (Å²) < 4.78 is 5.02. The van der Waals surface area contributed by atoms with E-state index >= 15 is 0 Å². The molecule has 2 heterocycles. The van der Waals surface area contributed by atoms with Crippen LogP contribution in [-0.4, -0.2) is 22.1 Å². The Labute approximate surface area is 128 Å². The first kappa shape index (κ1) is 15.0. The van der Waals surface area contributed by atoms with Gasteiger partial charge in [-0.05, 0) is 12.0 Å². The Morgan fingerprint density at radius 2 is 1.85 bits per heavy atom. The summed E-state index contributed by atoms with van der Waals surface area (Å²) in [6, 6.07) is 3.71. The molecule has 0 radical (unpaired) electrons. The number of hydrogen-bond acceptors (Lipinski definition) is 4. The summed E-state index contributed by atoms with van der Waals surface area (Å²) in [4.78, 5) is 12.7. The predicted molar refractivity (Wildman–Crippen MR) is 79.6 cm³/mol. The van der Waals surface area contributed by atoms with Gasteiger partial charge in [-0.3, -0.25) is 0 Å². The quantitative estimate of drug-likeness (QED) is 0.789. The van der Waals surface area contributed by atoms with Crippen LogP contribution in [0.5, 0.6) is 5.88 Å². The molecule has 4 nitrogen and oxygen atoms in total. The standard InChI is InChI=1S/C14H15Cl2N3O/c1-3-4-10-13(15)18-11(19-14(10)16)7-9-5-6-12(20-2)17-8-9/h5-6,8H,3-4,7H2,1-2H3. The van der Waals surface area contributed by atoms with Gasteiger partial charge >= 0.3 is 0 Å². The fourth-order valence-electron chi connectivity index (χ4n) is 1.83. The van der Waals surface area contributed by atoms with Crippen molar-refractivity contribution in [1.82, 2.24) is 15.0 Å². The molecule has 2 aromatic rings. The van der Waals surface area contributed by atoms with Crippen molar-refractivity contribution in [3.05, 3.63) is 45.6 Å². The van der Waals surface area contributed by atoms with E-state index in [1.54, 1.807) is 19.4 Å². The lowest BCUT2D eigenvalue weighted by molar-refractivity contribution is 0.397. The van der Waals surface area contributed by atoms with Crippen LogP contribution in [0.2, 0.25) is 10.3 Å². The molecule has 0 spiro atoms. The van der Waals surface area contributed by atoms with Crippen molar-refractivity contribution in [3.8, 4) is 5.88 Å². The third kappa shape index (κ3) is 3.58. The van der Waals surface area contributed by atoms with Crippen molar-refractivity contribution in [2.24, 2.45) is 0 Å². The average molecular weight is 312 g/mol. The van der Waals surface area contributed by atoms with Crippen LogP contribution in [0.3, 0.4) is 0 Å². The molecule has 0 saturated carbocycles. The number of halogens is 2. The van der Waals surface area contributed by atoms with Gasteiger partial charge in [0.1, 0.15) is 16.1 Å². The molecule has 6 heteroatoms. The minimum absolute atomic E-state index is 0.434. The van der Waals surface area contributed by atoms with E-state index in [1.807, 2.05) is 6.07 Å². The average Bonchev–Trinajstić information content (AvgIpc) is 2.44. The molecule has 0 unspecified atom stereocenters. The molecule has 0 N–H and O–H groups in total. The Bertz CT molecular complexity index is 564. The van der Waals surface area contributed by atoms with E-state index in [9.17, 15) is 0 Å². The monoisotopic (exact) mass is 311 g/mol. The molecule has 0 atom stereocenters. The van der Waals surface area contributed by atoms with E-state index in [-0.39, 0.29) is 0 Å². The molecule has 0 aliphatic rings. The van der Waals surface area contributed by atoms with Gasteiger partial charge in [0.25, 0.3) is 0 Å². The second kappa shape index (κ2) is 6.86. The number of rotatable bonds is 5. The molecule has 0 bridgehead atoms. The number of hydrogen-bond donors (Lipinski definition) is 0. The Morgan fingerprint density at radius 1 is 1.15 bits per heavy atom. The van der Waals surface area contributed by atoms with Crippen molar-refractivity contribution < 1.29 is 4.74 Å². The maximum absolute atomic E-state index is 6.16. The Kier molecular flexibility index (Phi) is 5.15. The van der Waals surface area contributed by atoms with Crippen LogP contribution in [0, 0.1) is 0 Å². The molecule has 2 aromatic heterocycles. The highest BCUT2D eigenvalue weighted by molar-refractivity contribution is 6.34. The van der Waals surface area contributed by atoms with Crippen molar-refractivity contribution in [2.75, 3.05) is 7.11 Å². The van der Waals surface area contributed by atoms with E-state index in [0.717, 1.165) is 24.0 Å². The first-order chi connectivity index (χ1) is 9.63. The first-order valence-corrected chi connectivity index (χ1v) is 7.09. The topological polar surface area (TPSA) is 47.9 Å². The molecular formula is C14H15Cl2N3O. The fraction of sp³-hybridized carbons (Fsp3) is 0.357. The molecule has 20 heavy (non-hydrogen) atoms. The van der Waals surface area contributed by atoms with Crippen molar-refractivity contribution in [1.29, 1.82) is 0 Å². The molecule has 106 valence electrons. The minimum atomic E-state index is 0.434. The van der Waals surface area contributed by atoms with Crippen molar-refractivity contribution in [3.63, 3.8) is 0 Å². The maximum Gasteiger partial charge on any atom is 0.212 e. The first-order valence-electron chi connectivity index (χ1n) is 6.33. The zero-order valence-corrected chi connectivity index (χ0v) is 12.9. The van der Waals surface area contributed by atoms with Crippen LogP contribution >= 0.6 is 23.2 Å². The van der Waals surface area contributed by atoms with Crippen LogP contribution in [0.1, 0.15) is 30.3 Å². The number of ether oxygens (including phenoxy) is 1. The van der Waals surface area contributed by atoms with Gasteiger partial charge in [-0.15, -0.1) is 0 Å². The summed E-state index contributed by atoms with van der Waals surface area (Å²) in [7, 11) is 1.58. The third-order valence-electron chi connectivity index (χ3n) is 2.82. The van der Waals surface area contributed by atoms with Gasteiger partial charge in [0, 0.05) is 24.2 Å². The fourth-order valence-corrected chi connectivity index (χ4v) is 2.44. The SMILES string of the molecule is CCCc1c(Cl)nc(Cc2ccc(OC)nc2)nc1Cl. The van der Waals surface area contributed by atoms with E-state index in [0.29, 0.717) is 28.4 Å². The summed E-state index contributed by atoms with van der Waals surface area (Å²) in [5.74, 6) is 1.16. The summed E-state index contributed by atoms with van der Waals surface area (Å²) in [6.45, 7) is 2.06. The summed E-state index contributed by atoms with van der Waals surface area (Å²) >= 11 is 12.3. The summed E-state index contributed by atoms with van der Waals surface area (Å²) in [5, 5.41) is 0.867. The van der Waals surface area contributed by atoms with Gasteiger partial charge in [0.2, 0.25) is 5.88 Å². The van der Waals surface area contributed by atoms with Gasteiger partial charge in [-0.1, -0.05) is 42.6 Å². The second-order valence-corrected chi connectivity index (χ2v) is 5.05. The molecule has 0 aliphatic carbocycles. The third-order valence-corrected chi connectivity index (χ3v) is 3.45. The number of aromatic nitrogens is 3. The number of pyridine rings is 1. The van der Waals surface area contributed by atoms with E-state index < -0.39 is 0 Å². The Balaban J connectivity index is 2.20. The lowest BCUT2D eigenvalue weighted by Crippen LogP contribution is -2.02. The lowest BCUT2D eigenvalue weighted by atomic mass is 10.2. The van der Waals surface area contributed by atoms with Gasteiger partial charge in [-0.2, -0.15) is 0 Å². The van der Waals surface area contributed by atoms with Crippen LogP contribution in [-0.2, 0) is 12.8 Å². The molecule has 0 saturated heterocycles. The largest absolute Gasteiger partial charge is 0.481 e. The lowest BCUT2D eigenvalue weighted by Gasteiger charge is -2.07. The minimum Gasteiger partial charge on any atom is -0.481 e. The molecule has 2 rings (SSSR count). The van der Waals surface area contributed by atoms with Crippen LogP contribution in [0.25, 0.3) is 0 Å². The van der Waals surface area contributed by atoms with E-state index in [1.165, 1.54) is 0 Å². The molecule has 0 aliphatic heterocycles. The Hall–Kier alpha value is -1.39. The van der Waals surface area contributed by atoms with E-state index in [2.05, 4.69) is 21.9 Å². The van der Waals surface area contributed by atoms with Crippen LogP contribution < -0.4 is 4.74 Å². The number of methoxy groups -OCH3 is 1. The van der Waals surface area contributed by atoms with Gasteiger partial charge in [-0.25, -0.2) is 15.0 Å². The van der Waals surface area contributed by atoms with Gasteiger partial charge < -0.3 is 4.74 Å². The summed E-state index contributed by atoms with van der Waals surface area (Å²) in [5.41, 5.74) is 1.79. The second-order valence-electron chi connectivity index (χ2n) is 4.34. The zero-order chi connectivity index (χ0) is 14.5. The predicted octanol–water partition coefficient (Wildman–Crippen LogP) is 3.73.